The van der Waals surface area contributed by atoms with Crippen LogP contribution in [0.15, 0.2) is 21.1 Å². The lowest BCUT2D eigenvalue weighted by Crippen LogP contribution is -2.42. The molecular formula is C15H14Br2O6. The van der Waals surface area contributed by atoms with Gasteiger partial charge < -0.3 is 14.2 Å². The average Bonchev–Trinajstić information content (AvgIpc) is 2.52. The van der Waals surface area contributed by atoms with Crippen LogP contribution >= 0.6 is 31.9 Å². The number of halogens is 2. The zero-order chi connectivity index (χ0) is 17.3. The predicted octanol–water partition coefficient (Wildman–Crippen LogP) is 2.81. The lowest BCUT2D eigenvalue weighted by atomic mass is 9.75. The summed E-state index contributed by atoms with van der Waals surface area (Å²) in [6, 6.07) is 3.43. The van der Waals surface area contributed by atoms with E-state index in [1.807, 2.05) is 0 Å². The van der Waals surface area contributed by atoms with Gasteiger partial charge in [0.15, 0.2) is 5.92 Å². The number of hydrogen-bond acceptors (Lipinski definition) is 6. The van der Waals surface area contributed by atoms with Crippen LogP contribution in [0, 0.1) is 11.8 Å². The molecule has 0 unspecified atom stereocenters. The molecule has 1 aliphatic heterocycles. The van der Waals surface area contributed by atoms with Gasteiger partial charge in [0, 0.05) is 16.0 Å². The van der Waals surface area contributed by atoms with Gasteiger partial charge in [0.05, 0.1) is 24.6 Å². The maximum Gasteiger partial charge on any atom is 0.326 e. The second-order valence-corrected chi connectivity index (χ2v) is 6.84. The van der Waals surface area contributed by atoms with Crippen LogP contribution in [0.2, 0.25) is 0 Å². The van der Waals surface area contributed by atoms with Crippen LogP contribution in [0.5, 0.6) is 5.75 Å². The van der Waals surface area contributed by atoms with Crippen LogP contribution in [0.1, 0.15) is 18.4 Å². The van der Waals surface area contributed by atoms with Crippen LogP contribution in [0.25, 0.3) is 0 Å². The summed E-state index contributed by atoms with van der Waals surface area (Å²) in [5.41, 5.74) is 0.555. The van der Waals surface area contributed by atoms with Crippen LogP contribution in [0.3, 0.4) is 0 Å². The topological polar surface area (TPSA) is 78.9 Å². The molecule has 0 N–H and O–H groups in total. The maximum atomic E-state index is 12.3. The molecule has 3 atom stereocenters. The van der Waals surface area contributed by atoms with Crippen molar-refractivity contribution in [3.05, 3.63) is 26.6 Å². The number of ether oxygens (including phenoxy) is 3. The van der Waals surface area contributed by atoms with Crippen LogP contribution in [0.4, 0.5) is 0 Å². The Morgan fingerprint density at radius 1 is 1.22 bits per heavy atom. The molecule has 1 heterocycles. The first-order valence-corrected chi connectivity index (χ1v) is 8.26. The minimum Gasteiger partial charge on any atom is -0.469 e. The highest BCUT2D eigenvalue weighted by Gasteiger charge is 2.48. The summed E-state index contributed by atoms with van der Waals surface area (Å²) in [5.74, 6) is -4.47. The van der Waals surface area contributed by atoms with Gasteiger partial charge in [0.2, 0.25) is 0 Å². The Morgan fingerprint density at radius 2 is 1.87 bits per heavy atom. The summed E-state index contributed by atoms with van der Waals surface area (Å²) >= 11 is 6.68. The predicted molar refractivity (Wildman–Crippen MR) is 86.9 cm³/mol. The number of carbonyl (C=O) groups excluding carboxylic acids is 3. The largest absolute Gasteiger partial charge is 0.469 e. The van der Waals surface area contributed by atoms with Crippen molar-refractivity contribution in [1.82, 2.24) is 0 Å². The summed E-state index contributed by atoms with van der Waals surface area (Å²) in [7, 11) is 2.44. The number of benzene rings is 1. The van der Waals surface area contributed by atoms with Crippen LogP contribution in [-0.4, -0.2) is 32.1 Å². The third-order valence-corrected chi connectivity index (χ3v) is 4.83. The Kier molecular flexibility index (Phi) is 5.46. The summed E-state index contributed by atoms with van der Waals surface area (Å²) in [6.07, 6.45) is 0. The summed E-state index contributed by atoms with van der Waals surface area (Å²) in [5, 5.41) is 0. The maximum absolute atomic E-state index is 12.3. The molecule has 0 saturated carbocycles. The molecule has 0 fully saturated rings. The van der Waals surface area contributed by atoms with Gasteiger partial charge >= 0.3 is 17.9 Å². The van der Waals surface area contributed by atoms with Gasteiger partial charge in [-0.05, 0) is 28.1 Å². The molecule has 0 radical (unpaired) electrons. The molecular weight excluding hydrogens is 436 g/mol. The molecule has 23 heavy (non-hydrogen) atoms. The van der Waals surface area contributed by atoms with E-state index in [2.05, 4.69) is 31.9 Å². The fourth-order valence-corrected chi connectivity index (χ4v) is 4.03. The first-order chi connectivity index (χ1) is 10.8. The third-order valence-electron chi connectivity index (χ3n) is 3.78. The summed E-state index contributed by atoms with van der Waals surface area (Å²) in [6.45, 7) is 1.60. The zero-order valence-electron chi connectivity index (χ0n) is 12.6. The molecule has 0 saturated heterocycles. The third kappa shape index (κ3) is 3.28. The average molecular weight is 450 g/mol. The Balaban J connectivity index is 2.65. The fraction of sp³-hybridized carbons (Fsp3) is 0.400. The molecule has 8 heteroatoms. The number of esters is 3. The highest BCUT2D eigenvalue weighted by Crippen LogP contribution is 2.47. The molecule has 1 aromatic rings. The van der Waals surface area contributed by atoms with Crippen molar-refractivity contribution in [2.24, 2.45) is 11.8 Å². The second-order valence-electron chi connectivity index (χ2n) is 5.07. The van der Waals surface area contributed by atoms with Crippen molar-refractivity contribution < 1.29 is 28.6 Å². The highest BCUT2D eigenvalue weighted by atomic mass is 79.9. The van der Waals surface area contributed by atoms with Crippen molar-refractivity contribution in [3.63, 3.8) is 0 Å². The molecule has 6 nitrogen and oxygen atoms in total. The van der Waals surface area contributed by atoms with E-state index in [9.17, 15) is 14.4 Å². The summed E-state index contributed by atoms with van der Waals surface area (Å²) < 4.78 is 16.0. The van der Waals surface area contributed by atoms with E-state index >= 15 is 0 Å². The quantitative estimate of drug-likeness (QED) is 0.401. The van der Waals surface area contributed by atoms with Gasteiger partial charge in [-0.25, -0.2) is 0 Å². The first-order valence-electron chi connectivity index (χ1n) is 6.68. The van der Waals surface area contributed by atoms with Crippen LogP contribution in [-0.2, 0) is 23.9 Å². The van der Waals surface area contributed by atoms with E-state index in [-0.39, 0.29) is 0 Å². The minimum absolute atomic E-state index is 0.291. The number of methoxy groups -OCH3 is 2. The van der Waals surface area contributed by atoms with Gasteiger partial charge in [-0.2, -0.15) is 0 Å². The molecule has 0 bridgehead atoms. The number of hydrogen-bond donors (Lipinski definition) is 0. The Morgan fingerprint density at radius 3 is 2.43 bits per heavy atom. The van der Waals surface area contributed by atoms with E-state index in [1.165, 1.54) is 14.2 Å². The van der Waals surface area contributed by atoms with E-state index < -0.39 is 35.7 Å². The molecule has 0 aliphatic carbocycles. The van der Waals surface area contributed by atoms with Gasteiger partial charge in [0.25, 0.3) is 0 Å². The molecule has 0 amide bonds. The van der Waals surface area contributed by atoms with Crippen molar-refractivity contribution in [2.45, 2.75) is 12.8 Å². The Hall–Kier alpha value is -1.41. The number of fused-ring (bicyclic) bond motifs is 1. The molecule has 1 aromatic carbocycles. The van der Waals surface area contributed by atoms with E-state index in [0.29, 0.717) is 20.3 Å². The molecule has 124 valence electrons. The fourth-order valence-electron chi connectivity index (χ4n) is 2.69. The van der Waals surface area contributed by atoms with E-state index in [0.717, 1.165) is 0 Å². The van der Waals surface area contributed by atoms with Crippen molar-refractivity contribution in [2.75, 3.05) is 14.2 Å². The summed E-state index contributed by atoms with van der Waals surface area (Å²) in [4.78, 5) is 36.4. The van der Waals surface area contributed by atoms with Gasteiger partial charge in [0.1, 0.15) is 5.75 Å². The van der Waals surface area contributed by atoms with Crippen molar-refractivity contribution >= 4 is 49.8 Å². The second kappa shape index (κ2) is 7.00. The standard InChI is InChI=1S/C15H14Br2O6/c1-6(13(18)21-2)10-8-4-7(16)5-9(17)12(8)23-15(20)11(10)14(19)22-3/h4-6,10-11H,1-3H3/t6-,10+,11-/m0/s1. The lowest BCUT2D eigenvalue weighted by Gasteiger charge is -2.33. The van der Waals surface area contributed by atoms with E-state index in [1.54, 1.807) is 19.1 Å². The Bertz CT molecular complexity index is 672. The number of carbonyl (C=O) groups is 3. The van der Waals surface area contributed by atoms with Gasteiger partial charge in [-0.15, -0.1) is 0 Å². The normalized spacial score (nSPS) is 21.0. The van der Waals surface area contributed by atoms with Gasteiger partial charge in [-0.1, -0.05) is 22.9 Å². The van der Waals surface area contributed by atoms with E-state index in [4.69, 9.17) is 14.2 Å². The monoisotopic (exact) mass is 448 g/mol. The van der Waals surface area contributed by atoms with Gasteiger partial charge in [-0.3, -0.25) is 14.4 Å². The smallest absolute Gasteiger partial charge is 0.326 e. The minimum atomic E-state index is -1.23. The van der Waals surface area contributed by atoms with Crippen molar-refractivity contribution in [1.29, 1.82) is 0 Å². The van der Waals surface area contributed by atoms with Crippen LogP contribution < -0.4 is 4.74 Å². The molecule has 1 aliphatic rings. The molecule has 2 rings (SSSR count). The number of rotatable bonds is 3. The molecule has 0 aromatic heterocycles. The lowest BCUT2D eigenvalue weighted by molar-refractivity contribution is -0.160. The molecule has 0 spiro atoms. The first kappa shape index (κ1) is 17.9. The highest BCUT2D eigenvalue weighted by molar-refractivity contribution is 9.11. The van der Waals surface area contributed by atoms with Crippen molar-refractivity contribution in [3.8, 4) is 5.75 Å². The zero-order valence-corrected chi connectivity index (χ0v) is 15.8. The Labute approximate surface area is 149 Å². The SMILES string of the molecule is COC(=O)[C@H]1C(=O)Oc2c(Br)cc(Br)cc2[C@H]1[C@H](C)C(=O)OC.